The van der Waals surface area contributed by atoms with Crippen molar-refractivity contribution in [3.8, 4) is 11.1 Å². The van der Waals surface area contributed by atoms with Crippen LogP contribution in [-0.2, 0) is 0 Å². The second kappa shape index (κ2) is 17.1. The Bertz CT molecular complexity index is 2420. The molecule has 0 aliphatic heterocycles. The Kier molecular flexibility index (Phi) is 11.0. The van der Waals surface area contributed by atoms with Crippen molar-refractivity contribution in [2.75, 3.05) is 9.80 Å². The molecule has 0 radical (unpaired) electrons. The van der Waals surface area contributed by atoms with Crippen molar-refractivity contribution in [3.63, 3.8) is 0 Å². The average Bonchev–Trinajstić information content (AvgIpc) is 3.27. The highest BCUT2D eigenvalue weighted by atomic mass is 15.1. The van der Waals surface area contributed by atoms with Gasteiger partial charge in [-0.05, 0) is 102 Å². The van der Waals surface area contributed by atoms with Gasteiger partial charge in [0.25, 0.3) is 0 Å². The van der Waals surface area contributed by atoms with Crippen LogP contribution in [0.5, 0.6) is 0 Å². The van der Waals surface area contributed by atoms with Crippen molar-refractivity contribution in [1.82, 2.24) is 0 Å². The monoisotopic (exact) mass is 722 g/mol. The zero-order chi connectivity index (χ0) is 38.1. The predicted octanol–water partition coefficient (Wildman–Crippen LogP) is 14.5. The summed E-state index contributed by atoms with van der Waals surface area (Å²) in [6.45, 7) is 4.27. The molecule has 2 heteroatoms. The molecule has 7 aromatic rings. The fraction of sp³-hybridized carbons (Fsp3) is 0.0741. The maximum absolute atomic E-state index is 2.34. The van der Waals surface area contributed by atoms with Crippen LogP contribution in [0.1, 0.15) is 34.2 Å². The molecule has 8 rings (SSSR count). The van der Waals surface area contributed by atoms with Crippen LogP contribution in [0.25, 0.3) is 22.3 Å². The Balaban J connectivity index is 1.15. The number of hydrogen-bond acceptors (Lipinski definition) is 2. The summed E-state index contributed by atoms with van der Waals surface area (Å²) >= 11 is 0. The van der Waals surface area contributed by atoms with Crippen molar-refractivity contribution in [1.29, 1.82) is 0 Å². The molecule has 2 nitrogen and oxygen atoms in total. The quantitative estimate of drug-likeness (QED) is 0.131. The van der Waals surface area contributed by atoms with E-state index in [1.807, 2.05) is 0 Å². The van der Waals surface area contributed by atoms with Gasteiger partial charge in [-0.1, -0.05) is 175 Å². The Labute approximate surface area is 332 Å². The number of anilines is 4. The molecule has 1 aliphatic carbocycles. The van der Waals surface area contributed by atoms with Crippen LogP contribution in [0.4, 0.5) is 22.7 Å². The van der Waals surface area contributed by atoms with E-state index in [4.69, 9.17) is 0 Å². The smallest absolute Gasteiger partial charge is 0.0456 e. The van der Waals surface area contributed by atoms with Gasteiger partial charge in [0.2, 0.25) is 0 Å². The highest BCUT2D eigenvalue weighted by Crippen LogP contribution is 2.37. The molecule has 0 amide bonds. The third kappa shape index (κ3) is 8.41. The van der Waals surface area contributed by atoms with Crippen molar-refractivity contribution >= 4 is 33.9 Å². The van der Waals surface area contributed by atoms with E-state index in [9.17, 15) is 0 Å². The van der Waals surface area contributed by atoms with E-state index >= 15 is 0 Å². The van der Waals surface area contributed by atoms with Gasteiger partial charge in [0, 0.05) is 46.6 Å². The third-order valence-corrected chi connectivity index (χ3v) is 10.4. The molecule has 0 spiro atoms. The average molecular weight is 723 g/mol. The van der Waals surface area contributed by atoms with E-state index in [2.05, 4.69) is 248 Å². The van der Waals surface area contributed by atoms with Gasteiger partial charge in [0.1, 0.15) is 0 Å². The van der Waals surface area contributed by atoms with E-state index in [0.29, 0.717) is 5.92 Å². The molecule has 56 heavy (non-hydrogen) atoms. The topological polar surface area (TPSA) is 6.48 Å². The van der Waals surface area contributed by atoms with Crippen molar-refractivity contribution in [2.45, 2.75) is 20.3 Å². The van der Waals surface area contributed by atoms with Crippen molar-refractivity contribution in [2.24, 2.45) is 5.92 Å². The van der Waals surface area contributed by atoms with Gasteiger partial charge in [-0.25, -0.2) is 0 Å². The molecular weight excluding hydrogens is 677 g/mol. The Morgan fingerprint density at radius 2 is 0.821 bits per heavy atom. The number of benzene rings is 7. The first-order valence-electron chi connectivity index (χ1n) is 19.4. The summed E-state index contributed by atoms with van der Waals surface area (Å²) in [5, 5.41) is 0. The van der Waals surface area contributed by atoms with Gasteiger partial charge in [-0.15, -0.1) is 0 Å². The molecule has 0 bridgehead atoms. The Morgan fingerprint density at radius 3 is 1.23 bits per heavy atom. The van der Waals surface area contributed by atoms with E-state index < -0.39 is 0 Å². The first-order valence-corrected chi connectivity index (χ1v) is 19.4. The second-order valence-electron chi connectivity index (χ2n) is 14.4. The van der Waals surface area contributed by atoms with Crippen LogP contribution in [0, 0.1) is 19.8 Å². The lowest BCUT2D eigenvalue weighted by atomic mass is 9.88. The van der Waals surface area contributed by atoms with Gasteiger partial charge >= 0.3 is 0 Å². The first-order chi connectivity index (χ1) is 27.6. The van der Waals surface area contributed by atoms with Crippen LogP contribution in [0.2, 0.25) is 0 Å². The minimum Gasteiger partial charge on any atom is -0.317 e. The lowest BCUT2D eigenvalue weighted by molar-refractivity contribution is 0.840. The lowest BCUT2D eigenvalue weighted by Gasteiger charge is -2.26. The van der Waals surface area contributed by atoms with Gasteiger partial charge in [0.05, 0.1) is 0 Å². The Hall–Kier alpha value is -6.90. The fourth-order valence-electron chi connectivity index (χ4n) is 7.28. The summed E-state index contributed by atoms with van der Waals surface area (Å²) in [5.74, 6) is 0.291. The van der Waals surface area contributed by atoms with Crippen LogP contribution >= 0.6 is 0 Å². The Morgan fingerprint density at radius 1 is 0.429 bits per heavy atom. The van der Waals surface area contributed by atoms with Crippen LogP contribution < -0.4 is 9.80 Å². The molecular formula is C54H46N2. The fourth-order valence-corrected chi connectivity index (χ4v) is 7.28. The summed E-state index contributed by atoms with van der Waals surface area (Å²) in [6, 6.07) is 67.5. The second-order valence-corrected chi connectivity index (χ2v) is 14.4. The SMILES string of the molecule is Cc1ccc(N(C=C(c2ccccc2)c2ccccc2)c2ccc(-c3ccc(N(/C=C(\c4ccccc4)C4C=CC=CC4)c4ccc(C)cc4)cc3)cc2)cc1. The molecule has 7 aromatic carbocycles. The molecule has 0 saturated heterocycles. The van der Waals surface area contributed by atoms with Gasteiger partial charge in [0.15, 0.2) is 0 Å². The molecule has 272 valence electrons. The normalized spacial score (nSPS) is 13.6. The molecule has 1 atom stereocenters. The van der Waals surface area contributed by atoms with Crippen LogP contribution in [0.15, 0.2) is 225 Å². The van der Waals surface area contributed by atoms with E-state index in [-0.39, 0.29) is 0 Å². The van der Waals surface area contributed by atoms with E-state index in [1.54, 1.807) is 0 Å². The van der Waals surface area contributed by atoms with Gasteiger partial charge in [-0.3, -0.25) is 0 Å². The standard InChI is InChI=1S/C54H46N2/c1-41-23-31-49(32-24-41)55(39-53(45-15-7-3-8-16-45)46-17-9-4-10-18-46)51-35-27-43(28-36-51)44-29-37-52(38-30-44)56(50-33-25-42(2)26-34-50)40-54(47-19-11-5-12-20-47)48-21-13-6-14-22-48/h3-21,23-40,48H,22H2,1-2H3/b54-40+. The van der Waals surface area contributed by atoms with Gasteiger partial charge in [-0.2, -0.15) is 0 Å². The maximum atomic E-state index is 2.34. The van der Waals surface area contributed by atoms with Crippen molar-refractivity contribution < 1.29 is 0 Å². The molecule has 0 fully saturated rings. The minimum atomic E-state index is 0.291. The zero-order valence-electron chi connectivity index (χ0n) is 32.0. The summed E-state index contributed by atoms with van der Waals surface area (Å²) in [7, 11) is 0. The van der Waals surface area contributed by atoms with E-state index in [1.165, 1.54) is 44.5 Å². The number of aryl methyl sites for hydroxylation is 2. The molecule has 1 aliphatic rings. The van der Waals surface area contributed by atoms with E-state index in [0.717, 1.165) is 34.7 Å². The van der Waals surface area contributed by atoms with Crippen LogP contribution in [-0.4, -0.2) is 0 Å². The molecule has 0 saturated carbocycles. The summed E-state index contributed by atoms with van der Waals surface area (Å²) in [5.41, 5.74) is 15.3. The largest absolute Gasteiger partial charge is 0.317 e. The molecule has 0 N–H and O–H groups in total. The molecule has 0 heterocycles. The predicted molar refractivity (Wildman–Crippen MR) is 239 cm³/mol. The maximum Gasteiger partial charge on any atom is 0.0456 e. The van der Waals surface area contributed by atoms with Crippen molar-refractivity contribution in [3.05, 3.63) is 253 Å². The number of allylic oxidation sites excluding steroid dienone is 5. The van der Waals surface area contributed by atoms with Crippen LogP contribution in [0.3, 0.4) is 0 Å². The lowest BCUT2D eigenvalue weighted by Crippen LogP contribution is -2.13. The number of nitrogens with zero attached hydrogens (tertiary/aromatic N) is 2. The molecule has 1 unspecified atom stereocenters. The first kappa shape index (κ1) is 36.1. The number of rotatable bonds is 11. The summed E-state index contributed by atoms with van der Waals surface area (Å²) in [6.07, 6.45) is 14.5. The summed E-state index contributed by atoms with van der Waals surface area (Å²) in [4.78, 5) is 4.64. The zero-order valence-corrected chi connectivity index (χ0v) is 32.0. The third-order valence-electron chi connectivity index (χ3n) is 10.4. The summed E-state index contributed by atoms with van der Waals surface area (Å²) < 4.78 is 0. The highest BCUT2D eigenvalue weighted by molar-refractivity contribution is 5.85. The highest BCUT2D eigenvalue weighted by Gasteiger charge is 2.18. The van der Waals surface area contributed by atoms with Gasteiger partial charge < -0.3 is 9.80 Å². The molecule has 0 aromatic heterocycles. The number of hydrogen-bond donors (Lipinski definition) is 0. The minimum absolute atomic E-state index is 0.291.